The molecule has 2 unspecified atom stereocenters. The van der Waals surface area contributed by atoms with Crippen LogP contribution in [0.25, 0.3) is 0 Å². The molecule has 1 aromatic rings. The van der Waals surface area contributed by atoms with Crippen LogP contribution in [-0.4, -0.2) is 44.4 Å². The number of hydrogen-bond donors (Lipinski definition) is 1. The summed E-state index contributed by atoms with van der Waals surface area (Å²) in [4.78, 5) is 2.40. The second-order valence-corrected chi connectivity index (χ2v) is 5.58. The van der Waals surface area contributed by atoms with Gasteiger partial charge in [0.25, 0.3) is 0 Å². The lowest BCUT2D eigenvalue weighted by Crippen LogP contribution is -2.45. The number of methoxy groups -OCH3 is 2. The van der Waals surface area contributed by atoms with E-state index >= 15 is 0 Å². The monoisotopic (exact) mass is 294 g/mol. The van der Waals surface area contributed by atoms with E-state index < -0.39 is 0 Å². The minimum atomic E-state index is 0.0561. The van der Waals surface area contributed by atoms with E-state index in [9.17, 15) is 0 Å². The van der Waals surface area contributed by atoms with Gasteiger partial charge in [-0.25, -0.2) is 0 Å². The van der Waals surface area contributed by atoms with E-state index in [4.69, 9.17) is 15.2 Å². The summed E-state index contributed by atoms with van der Waals surface area (Å²) < 4.78 is 10.8. The molecule has 1 rings (SSSR count). The van der Waals surface area contributed by atoms with Gasteiger partial charge in [-0.2, -0.15) is 0 Å². The maximum atomic E-state index is 6.45. The topological polar surface area (TPSA) is 47.7 Å². The van der Waals surface area contributed by atoms with Crippen molar-refractivity contribution >= 4 is 0 Å². The summed E-state index contributed by atoms with van der Waals surface area (Å²) in [5, 5.41) is 0. The van der Waals surface area contributed by atoms with Crippen molar-refractivity contribution in [2.75, 3.05) is 27.4 Å². The first-order valence-corrected chi connectivity index (χ1v) is 7.69. The molecule has 0 radical (unpaired) electrons. The Morgan fingerprint density at radius 2 is 1.86 bits per heavy atom. The van der Waals surface area contributed by atoms with Crippen molar-refractivity contribution in [3.8, 4) is 5.75 Å². The summed E-state index contributed by atoms with van der Waals surface area (Å²) in [5.74, 6) is 0.898. The smallest absolute Gasteiger partial charge is 0.123 e. The molecule has 4 nitrogen and oxygen atoms in total. The van der Waals surface area contributed by atoms with Crippen LogP contribution in [0.2, 0.25) is 0 Å². The largest absolute Gasteiger partial charge is 0.496 e. The molecule has 0 aliphatic heterocycles. The van der Waals surface area contributed by atoms with E-state index in [1.165, 1.54) is 0 Å². The maximum Gasteiger partial charge on any atom is 0.123 e. The average Bonchev–Trinajstić information content (AvgIpc) is 2.50. The van der Waals surface area contributed by atoms with Crippen LogP contribution in [0, 0.1) is 0 Å². The van der Waals surface area contributed by atoms with Crippen LogP contribution in [0.5, 0.6) is 5.75 Å². The normalized spacial score (nSPS) is 14.5. The third-order valence-electron chi connectivity index (χ3n) is 3.91. The number of rotatable bonds is 9. The first-order valence-electron chi connectivity index (χ1n) is 7.69. The first-order chi connectivity index (χ1) is 10.1. The number of ether oxygens (including phenoxy) is 2. The van der Waals surface area contributed by atoms with Gasteiger partial charge in [0.2, 0.25) is 0 Å². The molecule has 0 aliphatic carbocycles. The van der Waals surface area contributed by atoms with Crippen molar-refractivity contribution in [1.82, 2.24) is 4.90 Å². The summed E-state index contributed by atoms with van der Waals surface area (Å²) >= 11 is 0. The molecule has 0 bridgehead atoms. The molecule has 0 heterocycles. The standard InChI is InChI=1S/C17H30N2O2/c1-6-15(18)17(19(13(2)3)11-12-20-4)14-9-7-8-10-16(14)21-5/h7-10,13,15,17H,6,11-12,18H2,1-5H3. The zero-order chi connectivity index (χ0) is 15.8. The van der Waals surface area contributed by atoms with Crippen LogP contribution in [0.3, 0.4) is 0 Å². The van der Waals surface area contributed by atoms with Crippen molar-refractivity contribution in [3.05, 3.63) is 29.8 Å². The maximum absolute atomic E-state index is 6.45. The van der Waals surface area contributed by atoms with Crippen molar-refractivity contribution in [2.45, 2.75) is 45.3 Å². The number of hydrogen-bond acceptors (Lipinski definition) is 4. The summed E-state index contributed by atoms with van der Waals surface area (Å²) in [6.45, 7) is 8.06. The van der Waals surface area contributed by atoms with E-state index in [1.54, 1.807) is 14.2 Å². The van der Waals surface area contributed by atoms with E-state index in [2.05, 4.69) is 31.7 Å². The van der Waals surface area contributed by atoms with Gasteiger partial charge in [-0.1, -0.05) is 25.1 Å². The minimum absolute atomic E-state index is 0.0561. The zero-order valence-corrected chi connectivity index (χ0v) is 14.0. The second kappa shape index (κ2) is 9.03. The molecule has 0 fully saturated rings. The van der Waals surface area contributed by atoms with Crippen LogP contribution in [0.15, 0.2) is 24.3 Å². The van der Waals surface area contributed by atoms with Gasteiger partial charge in [0, 0.05) is 31.3 Å². The van der Waals surface area contributed by atoms with Gasteiger partial charge in [0.05, 0.1) is 19.8 Å². The molecular weight excluding hydrogens is 264 g/mol. The van der Waals surface area contributed by atoms with Crippen LogP contribution in [-0.2, 0) is 4.74 Å². The lowest BCUT2D eigenvalue weighted by atomic mass is 9.94. The Morgan fingerprint density at radius 3 is 2.38 bits per heavy atom. The number of nitrogens with zero attached hydrogens (tertiary/aromatic N) is 1. The third kappa shape index (κ3) is 4.70. The lowest BCUT2D eigenvalue weighted by Gasteiger charge is -2.38. The Labute approximate surface area is 129 Å². The van der Waals surface area contributed by atoms with Gasteiger partial charge in [-0.05, 0) is 26.3 Å². The number of nitrogens with two attached hydrogens (primary N) is 1. The summed E-state index contributed by atoms with van der Waals surface area (Å²) in [7, 11) is 3.44. The Morgan fingerprint density at radius 1 is 1.19 bits per heavy atom. The van der Waals surface area contributed by atoms with Gasteiger partial charge in [-0.3, -0.25) is 4.90 Å². The summed E-state index contributed by atoms with van der Waals surface area (Å²) in [6, 6.07) is 8.71. The lowest BCUT2D eigenvalue weighted by molar-refractivity contribution is 0.0819. The molecule has 0 saturated heterocycles. The molecule has 1 aromatic carbocycles. The molecule has 21 heavy (non-hydrogen) atoms. The van der Waals surface area contributed by atoms with E-state index in [-0.39, 0.29) is 12.1 Å². The van der Waals surface area contributed by atoms with Gasteiger partial charge < -0.3 is 15.2 Å². The predicted molar refractivity (Wildman–Crippen MR) is 87.7 cm³/mol. The minimum Gasteiger partial charge on any atom is -0.496 e. The van der Waals surface area contributed by atoms with Crippen molar-refractivity contribution in [1.29, 1.82) is 0 Å². The van der Waals surface area contributed by atoms with E-state index in [0.717, 1.165) is 24.3 Å². The second-order valence-electron chi connectivity index (χ2n) is 5.58. The Bertz CT molecular complexity index is 410. The Hall–Kier alpha value is -1.10. The van der Waals surface area contributed by atoms with Crippen molar-refractivity contribution in [2.24, 2.45) is 5.73 Å². The molecule has 0 aromatic heterocycles. The highest BCUT2D eigenvalue weighted by Gasteiger charge is 2.29. The number of para-hydroxylation sites is 1. The molecule has 120 valence electrons. The first kappa shape index (κ1) is 18.0. The molecule has 0 spiro atoms. The molecule has 4 heteroatoms. The molecule has 0 aliphatic rings. The average molecular weight is 294 g/mol. The number of benzene rings is 1. The fraction of sp³-hybridized carbons (Fsp3) is 0.647. The van der Waals surface area contributed by atoms with Crippen LogP contribution < -0.4 is 10.5 Å². The molecule has 0 amide bonds. The van der Waals surface area contributed by atoms with Crippen molar-refractivity contribution in [3.63, 3.8) is 0 Å². The van der Waals surface area contributed by atoms with E-state index in [0.29, 0.717) is 12.6 Å². The Kier molecular flexibility index (Phi) is 7.72. The fourth-order valence-electron chi connectivity index (χ4n) is 2.70. The van der Waals surface area contributed by atoms with Gasteiger partial charge >= 0.3 is 0 Å². The van der Waals surface area contributed by atoms with E-state index in [1.807, 2.05) is 18.2 Å². The highest BCUT2D eigenvalue weighted by molar-refractivity contribution is 5.37. The fourth-order valence-corrected chi connectivity index (χ4v) is 2.70. The highest BCUT2D eigenvalue weighted by Crippen LogP contribution is 2.33. The molecule has 2 N–H and O–H groups in total. The van der Waals surface area contributed by atoms with Gasteiger partial charge in [0.15, 0.2) is 0 Å². The van der Waals surface area contributed by atoms with Crippen molar-refractivity contribution < 1.29 is 9.47 Å². The Balaban J connectivity index is 3.19. The molecular formula is C17H30N2O2. The summed E-state index contributed by atoms with van der Waals surface area (Å²) in [6.07, 6.45) is 0.916. The van der Waals surface area contributed by atoms with Crippen LogP contribution >= 0.6 is 0 Å². The zero-order valence-electron chi connectivity index (χ0n) is 14.0. The quantitative estimate of drug-likeness (QED) is 0.761. The van der Waals surface area contributed by atoms with Gasteiger partial charge in [-0.15, -0.1) is 0 Å². The van der Waals surface area contributed by atoms with Crippen LogP contribution in [0.4, 0.5) is 0 Å². The highest BCUT2D eigenvalue weighted by atomic mass is 16.5. The third-order valence-corrected chi connectivity index (χ3v) is 3.91. The van der Waals surface area contributed by atoms with Crippen LogP contribution in [0.1, 0.15) is 38.8 Å². The molecule has 0 saturated carbocycles. The molecule has 2 atom stereocenters. The van der Waals surface area contributed by atoms with Gasteiger partial charge in [0.1, 0.15) is 5.75 Å². The predicted octanol–water partition coefficient (Wildman–Crippen LogP) is 2.83. The SMILES string of the molecule is CCC(N)C(c1ccccc1OC)N(CCOC)C(C)C. The summed E-state index contributed by atoms with van der Waals surface area (Å²) in [5.41, 5.74) is 7.60.